The minimum absolute atomic E-state index is 0.118. The van der Waals surface area contributed by atoms with Crippen LogP contribution in [-0.2, 0) is 4.79 Å². The molecule has 100 valence electrons. The number of aromatic nitrogens is 1. The summed E-state index contributed by atoms with van der Waals surface area (Å²) >= 11 is 1.54. The van der Waals surface area contributed by atoms with Crippen LogP contribution in [0.1, 0.15) is 24.8 Å². The van der Waals surface area contributed by atoms with Gasteiger partial charge in [-0.3, -0.25) is 4.79 Å². The van der Waals surface area contributed by atoms with E-state index in [2.05, 4.69) is 15.6 Å². The van der Waals surface area contributed by atoms with E-state index in [1.807, 2.05) is 12.3 Å². The van der Waals surface area contributed by atoms with E-state index >= 15 is 0 Å². The standard InChI is InChI=1S/C11H17N3O3S/c1-7(9-12-3-4-18-9)5-13-11(17)14-6-8(2)10(15)16/h3-4,7-8H,5-6H2,1-2H3,(H,15,16)(H2,13,14,17). The SMILES string of the molecule is CC(CNC(=O)NCC(C)c1nccs1)C(=O)O. The fourth-order valence-corrected chi connectivity index (χ4v) is 1.91. The van der Waals surface area contributed by atoms with Crippen molar-refractivity contribution in [1.29, 1.82) is 0 Å². The largest absolute Gasteiger partial charge is 0.481 e. The molecule has 0 radical (unpaired) electrons. The van der Waals surface area contributed by atoms with Gasteiger partial charge in [-0.05, 0) is 0 Å². The highest BCUT2D eigenvalue weighted by molar-refractivity contribution is 7.09. The van der Waals surface area contributed by atoms with Crippen LogP contribution in [0.25, 0.3) is 0 Å². The molecule has 1 heterocycles. The van der Waals surface area contributed by atoms with Crippen molar-refractivity contribution in [2.24, 2.45) is 5.92 Å². The molecular formula is C11H17N3O3S. The monoisotopic (exact) mass is 271 g/mol. The normalized spacial score (nSPS) is 13.7. The van der Waals surface area contributed by atoms with Gasteiger partial charge in [0.2, 0.25) is 0 Å². The molecule has 7 heteroatoms. The number of carbonyl (C=O) groups excluding carboxylic acids is 1. The Balaban J connectivity index is 2.23. The van der Waals surface area contributed by atoms with Crippen molar-refractivity contribution in [3.63, 3.8) is 0 Å². The Labute approximate surface area is 109 Å². The molecule has 0 saturated carbocycles. The summed E-state index contributed by atoms with van der Waals surface area (Å²) in [6.07, 6.45) is 1.73. The van der Waals surface area contributed by atoms with E-state index in [0.717, 1.165) is 5.01 Å². The number of carboxylic acid groups (broad SMARTS) is 1. The maximum Gasteiger partial charge on any atom is 0.314 e. The molecule has 0 aliphatic rings. The summed E-state index contributed by atoms with van der Waals surface area (Å²) in [5.74, 6) is -1.37. The highest BCUT2D eigenvalue weighted by atomic mass is 32.1. The Hall–Kier alpha value is -1.63. The van der Waals surface area contributed by atoms with Gasteiger partial charge in [0.15, 0.2) is 0 Å². The van der Waals surface area contributed by atoms with Gasteiger partial charge in [-0.2, -0.15) is 0 Å². The first-order valence-electron chi connectivity index (χ1n) is 5.64. The Morgan fingerprint density at radius 1 is 1.39 bits per heavy atom. The molecule has 2 unspecified atom stereocenters. The van der Waals surface area contributed by atoms with Gasteiger partial charge < -0.3 is 15.7 Å². The van der Waals surface area contributed by atoms with Crippen LogP contribution in [0.4, 0.5) is 4.79 Å². The molecule has 0 fully saturated rings. The fraction of sp³-hybridized carbons (Fsp3) is 0.545. The van der Waals surface area contributed by atoms with Gasteiger partial charge in [0, 0.05) is 30.6 Å². The average molecular weight is 271 g/mol. The number of carboxylic acids is 1. The summed E-state index contributed by atoms with van der Waals surface area (Å²) in [5.41, 5.74) is 0. The zero-order valence-corrected chi connectivity index (χ0v) is 11.2. The molecule has 6 nitrogen and oxygen atoms in total. The Kier molecular flexibility index (Phi) is 5.57. The number of hydrogen-bond donors (Lipinski definition) is 3. The van der Waals surface area contributed by atoms with Crippen molar-refractivity contribution < 1.29 is 14.7 Å². The lowest BCUT2D eigenvalue weighted by Gasteiger charge is -2.12. The summed E-state index contributed by atoms with van der Waals surface area (Å²) in [7, 11) is 0. The molecule has 3 N–H and O–H groups in total. The van der Waals surface area contributed by atoms with Crippen LogP contribution in [0.5, 0.6) is 0 Å². The van der Waals surface area contributed by atoms with Crippen LogP contribution in [0.15, 0.2) is 11.6 Å². The Morgan fingerprint density at radius 3 is 2.61 bits per heavy atom. The van der Waals surface area contributed by atoms with Gasteiger partial charge in [-0.1, -0.05) is 13.8 Å². The Morgan fingerprint density at radius 2 is 2.06 bits per heavy atom. The summed E-state index contributed by atoms with van der Waals surface area (Å²) in [6, 6.07) is -0.355. The number of aliphatic carboxylic acids is 1. The number of thiazole rings is 1. The number of hydrogen-bond acceptors (Lipinski definition) is 4. The molecule has 0 saturated heterocycles. The van der Waals surface area contributed by atoms with Crippen molar-refractivity contribution in [3.05, 3.63) is 16.6 Å². The second kappa shape index (κ2) is 6.95. The third-order valence-corrected chi connectivity index (χ3v) is 3.44. The van der Waals surface area contributed by atoms with Crippen LogP contribution < -0.4 is 10.6 Å². The molecule has 0 bridgehead atoms. The first-order valence-corrected chi connectivity index (χ1v) is 6.52. The van der Waals surface area contributed by atoms with E-state index in [-0.39, 0.29) is 18.5 Å². The van der Waals surface area contributed by atoms with Gasteiger partial charge in [0.1, 0.15) is 0 Å². The van der Waals surface area contributed by atoms with Crippen molar-refractivity contribution in [2.45, 2.75) is 19.8 Å². The second-order valence-corrected chi connectivity index (χ2v) is 5.03. The molecule has 18 heavy (non-hydrogen) atoms. The summed E-state index contributed by atoms with van der Waals surface area (Å²) in [5, 5.41) is 16.7. The first kappa shape index (κ1) is 14.4. The minimum atomic E-state index is -0.925. The highest BCUT2D eigenvalue weighted by Gasteiger charge is 2.13. The molecule has 0 aliphatic carbocycles. The molecule has 2 atom stereocenters. The summed E-state index contributed by atoms with van der Waals surface area (Å²) in [4.78, 5) is 26.1. The minimum Gasteiger partial charge on any atom is -0.481 e. The number of urea groups is 1. The third kappa shape index (κ3) is 4.70. The van der Waals surface area contributed by atoms with E-state index in [0.29, 0.717) is 6.54 Å². The number of nitrogens with one attached hydrogen (secondary N) is 2. The van der Waals surface area contributed by atoms with Crippen molar-refractivity contribution >= 4 is 23.3 Å². The molecular weight excluding hydrogens is 254 g/mol. The third-order valence-electron chi connectivity index (χ3n) is 2.43. The zero-order chi connectivity index (χ0) is 13.5. The van der Waals surface area contributed by atoms with Crippen LogP contribution in [0, 0.1) is 5.92 Å². The smallest absolute Gasteiger partial charge is 0.314 e. The van der Waals surface area contributed by atoms with Crippen molar-refractivity contribution in [1.82, 2.24) is 15.6 Å². The van der Waals surface area contributed by atoms with Gasteiger partial charge in [-0.15, -0.1) is 11.3 Å². The molecule has 1 rings (SSSR count). The number of nitrogens with zero attached hydrogens (tertiary/aromatic N) is 1. The summed E-state index contributed by atoms with van der Waals surface area (Å²) < 4.78 is 0. The predicted molar refractivity (Wildman–Crippen MR) is 68.7 cm³/mol. The quantitative estimate of drug-likeness (QED) is 0.726. The molecule has 2 amide bonds. The van der Waals surface area contributed by atoms with Crippen molar-refractivity contribution in [3.8, 4) is 0 Å². The van der Waals surface area contributed by atoms with Crippen LogP contribution in [0.3, 0.4) is 0 Å². The summed E-state index contributed by atoms with van der Waals surface area (Å²) in [6.45, 7) is 4.10. The molecule has 0 aliphatic heterocycles. The average Bonchev–Trinajstić information content (AvgIpc) is 2.86. The second-order valence-electron chi connectivity index (χ2n) is 4.10. The van der Waals surface area contributed by atoms with E-state index < -0.39 is 11.9 Å². The lowest BCUT2D eigenvalue weighted by molar-refractivity contribution is -0.140. The first-order chi connectivity index (χ1) is 8.50. The van der Waals surface area contributed by atoms with E-state index in [1.165, 1.54) is 0 Å². The number of amides is 2. The lowest BCUT2D eigenvalue weighted by atomic mass is 10.2. The van der Waals surface area contributed by atoms with Crippen LogP contribution >= 0.6 is 11.3 Å². The van der Waals surface area contributed by atoms with Gasteiger partial charge in [0.25, 0.3) is 0 Å². The lowest BCUT2D eigenvalue weighted by Crippen LogP contribution is -2.40. The maximum absolute atomic E-state index is 11.4. The van der Waals surface area contributed by atoms with Crippen LogP contribution in [0.2, 0.25) is 0 Å². The molecule has 0 aromatic carbocycles. The van der Waals surface area contributed by atoms with Gasteiger partial charge in [-0.25, -0.2) is 9.78 Å². The van der Waals surface area contributed by atoms with Crippen LogP contribution in [-0.4, -0.2) is 35.2 Å². The van der Waals surface area contributed by atoms with E-state index in [9.17, 15) is 9.59 Å². The zero-order valence-electron chi connectivity index (χ0n) is 10.3. The highest BCUT2D eigenvalue weighted by Crippen LogP contribution is 2.16. The Bertz CT molecular complexity index is 394. The molecule has 1 aromatic heterocycles. The molecule has 1 aromatic rings. The topological polar surface area (TPSA) is 91.3 Å². The van der Waals surface area contributed by atoms with Crippen molar-refractivity contribution in [2.75, 3.05) is 13.1 Å². The molecule has 0 spiro atoms. The number of rotatable bonds is 6. The predicted octanol–water partition coefficient (Wildman–Crippen LogP) is 1.27. The fourth-order valence-electron chi connectivity index (χ4n) is 1.21. The number of carbonyl (C=O) groups is 2. The van der Waals surface area contributed by atoms with E-state index in [1.54, 1.807) is 24.5 Å². The maximum atomic E-state index is 11.4. The van der Waals surface area contributed by atoms with E-state index in [4.69, 9.17) is 5.11 Å². The van der Waals surface area contributed by atoms with Gasteiger partial charge in [0.05, 0.1) is 10.9 Å². The van der Waals surface area contributed by atoms with Gasteiger partial charge >= 0.3 is 12.0 Å².